The van der Waals surface area contributed by atoms with Crippen molar-refractivity contribution in [2.45, 2.75) is 37.9 Å². The monoisotopic (exact) mass is 415 g/mol. The average Bonchev–Trinajstić information content (AvgIpc) is 3.19. The molecule has 3 heterocycles. The van der Waals surface area contributed by atoms with Gasteiger partial charge in [-0.25, -0.2) is 0 Å². The van der Waals surface area contributed by atoms with Crippen LogP contribution in [0.3, 0.4) is 0 Å². The molecule has 0 saturated carbocycles. The van der Waals surface area contributed by atoms with E-state index >= 15 is 0 Å². The number of nitrogens with one attached hydrogen (secondary N) is 1. The second-order valence-corrected chi connectivity index (χ2v) is 8.94. The van der Waals surface area contributed by atoms with Crippen molar-refractivity contribution in [2.24, 2.45) is 11.8 Å². The fraction of sp³-hybridized carbons (Fsp3) is 0.652. The summed E-state index contributed by atoms with van der Waals surface area (Å²) in [4.78, 5) is 29.4. The molecule has 7 heteroatoms. The highest BCUT2D eigenvalue weighted by Crippen LogP contribution is 2.49. The summed E-state index contributed by atoms with van der Waals surface area (Å²) in [6.45, 7) is 6.08. The van der Waals surface area contributed by atoms with Crippen LogP contribution in [-0.4, -0.2) is 84.3 Å². The lowest BCUT2D eigenvalue weighted by atomic mass is 9.83. The predicted molar refractivity (Wildman–Crippen MR) is 113 cm³/mol. The zero-order chi connectivity index (χ0) is 21.1. The topological polar surface area (TPSA) is 82.1 Å². The van der Waals surface area contributed by atoms with Gasteiger partial charge in [0.25, 0.3) is 5.91 Å². The fourth-order valence-corrected chi connectivity index (χ4v) is 5.43. The molecule has 1 aromatic rings. The van der Waals surface area contributed by atoms with Crippen LogP contribution in [-0.2, 0) is 9.53 Å². The molecule has 0 radical (unpaired) electrons. The zero-order valence-electron chi connectivity index (χ0n) is 17.8. The van der Waals surface area contributed by atoms with E-state index < -0.39 is 0 Å². The van der Waals surface area contributed by atoms with Gasteiger partial charge in [-0.3, -0.25) is 14.5 Å². The van der Waals surface area contributed by atoms with E-state index in [-0.39, 0.29) is 48.5 Å². The molecule has 2 bridgehead atoms. The maximum atomic E-state index is 12.9. The van der Waals surface area contributed by atoms with E-state index in [0.29, 0.717) is 18.7 Å². The van der Waals surface area contributed by atoms with Gasteiger partial charge >= 0.3 is 0 Å². The summed E-state index contributed by atoms with van der Waals surface area (Å²) < 4.78 is 6.44. The molecule has 1 aromatic carbocycles. The van der Waals surface area contributed by atoms with Gasteiger partial charge in [0.15, 0.2) is 0 Å². The van der Waals surface area contributed by atoms with Crippen LogP contribution in [0.5, 0.6) is 0 Å². The van der Waals surface area contributed by atoms with Crippen molar-refractivity contribution in [3.8, 4) is 0 Å². The minimum Gasteiger partial charge on any atom is -0.396 e. The number of unbranched alkanes of at least 4 members (excludes halogenated alkanes) is 2. The maximum absolute atomic E-state index is 12.9. The van der Waals surface area contributed by atoms with E-state index in [1.165, 1.54) is 19.3 Å². The first-order valence-corrected chi connectivity index (χ1v) is 11.2. The lowest BCUT2D eigenvalue weighted by Crippen LogP contribution is -2.57. The van der Waals surface area contributed by atoms with E-state index in [9.17, 15) is 14.7 Å². The van der Waals surface area contributed by atoms with Gasteiger partial charge in [0.1, 0.15) is 5.60 Å². The molecule has 7 nitrogen and oxygen atoms in total. The zero-order valence-corrected chi connectivity index (χ0v) is 17.8. The third kappa shape index (κ3) is 4.11. The van der Waals surface area contributed by atoms with E-state index in [1.807, 2.05) is 11.0 Å². The number of benzene rings is 1. The average molecular weight is 416 g/mol. The number of morpholine rings is 1. The quantitative estimate of drug-likeness (QED) is 0.622. The van der Waals surface area contributed by atoms with Gasteiger partial charge < -0.3 is 20.1 Å². The van der Waals surface area contributed by atoms with Gasteiger partial charge in [0.05, 0.1) is 19.2 Å². The molecule has 3 aliphatic rings. The van der Waals surface area contributed by atoms with Gasteiger partial charge in [-0.2, -0.15) is 0 Å². The predicted octanol–water partition coefficient (Wildman–Crippen LogP) is 1.13. The number of hydrogen-bond acceptors (Lipinski definition) is 5. The molecule has 0 aromatic heterocycles. The van der Waals surface area contributed by atoms with Crippen molar-refractivity contribution in [2.75, 3.05) is 45.9 Å². The number of carbonyl (C=O) groups is 2. The van der Waals surface area contributed by atoms with Gasteiger partial charge in [-0.1, -0.05) is 38.0 Å². The highest BCUT2D eigenvalue weighted by Gasteiger charge is 2.62. The van der Waals surface area contributed by atoms with Gasteiger partial charge in [-0.15, -0.1) is 0 Å². The summed E-state index contributed by atoms with van der Waals surface area (Å²) in [5.41, 5.74) is 0.159. The molecule has 0 unspecified atom stereocenters. The van der Waals surface area contributed by atoms with Gasteiger partial charge in [-0.05, 0) is 25.1 Å². The van der Waals surface area contributed by atoms with Crippen LogP contribution in [0.25, 0.3) is 0 Å². The Morgan fingerprint density at radius 2 is 2.00 bits per heavy atom. The van der Waals surface area contributed by atoms with Crippen LogP contribution in [0.4, 0.5) is 0 Å². The van der Waals surface area contributed by atoms with Crippen LogP contribution in [0.1, 0.15) is 36.5 Å². The minimum absolute atomic E-state index is 0.0226. The van der Waals surface area contributed by atoms with Crippen LogP contribution in [0.2, 0.25) is 0 Å². The number of ether oxygens (including phenoxy) is 1. The van der Waals surface area contributed by atoms with Crippen LogP contribution >= 0.6 is 0 Å². The lowest BCUT2D eigenvalue weighted by molar-refractivity contribution is -0.152. The van der Waals surface area contributed by atoms with Crippen LogP contribution in [0.15, 0.2) is 30.3 Å². The first-order valence-electron chi connectivity index (χ1n) is 11.2. The molecule has 3 fully saturated rings. The lowest BCUT2D eigenvalue weighted by Gasteiger charge is -2.40. The molecule has 1 spiro atoms. The second kappa shape index (κ2) is 9.04. The van der Waals surface area contributed by atoms with Crippen molar-refractivity contribution < 1.29 is 19.4 Å². The Morgan fingerprint density at radius 3 is 2.73 bits per heavy atom. The number of aliphatic hydroxyl groups excluding tert-OH is 1. The smallest absolute Gasteiger partial charge is 0.251 e. The van der Waals surface area contributed by atoms with Crippen LogP contribution in [0, 0.1) is 11.8 Å². The Balaban J connectivity index is 1.38. The Labute approximate surface area is 178 Å². The highest BCUT2D eigenvalue weighted by molar-refractivity contribution is 5.96. The summed E-state index contributed by atoms with van der Waals surface area (Å²) in [6, 6.07) is 8.92. The van der Waals surface area contributed by atoms with Crippen molar-refractivity contribution >= 4 is 11.8 Å². The first-order chi connectivity index (χ1) is 14.6. The summed E-state index contributed by atoms with van der Waals surface area (Å²) >= 11 is 0. The Bertz CT molecular complexity index is 758. The largest absolute Gasteiger partial charge is 0.396 e. The van der Waals surface area contributed by atoms with Crippen molar-refractivity contribution in [1.29, 1.82) is 0 Å². The summed E-state index contributed by atoms with van der Waals surface area (Å²) in [5, 5.41) is 12.8. The summed E-state index contributed by atoms with van der Waals surface area (Å²) in [6.07, 6.45) is 3.45. The number of carbonyl (C=O) groups excluding carboxylic acids is 2. The molecule has 0 aliphatic carbocycles. The Morgan fingerprint density at radius 1 is 1.20 bits per heavy atom. The maximum Gasteiger partial charge on any atom is 0.251 e. The minimum atomic E-state index is -0.387. The second-order valence-electron chi connectivity index (χ2n) is 8.94. The van der Waals surface area contributed by atoms with E-state index in [2.05, 4.69) is 17.1 Å². The molecule has 164 valence electrons. The molecule has 3 aliphatic heterocycles. The SMILES string of the molecule is CCCCCN1C[C@@H]2[C@H](CO)[C@H]3CN(C(=O)CNC(=O)c4ccccc4)C[C@]2(C1)O3. The number of rotatable bonds is 8. The van der Waals surface area contributed by atoms with Crippen molar-refractivity contribution in [1.82, 2.24) is 15.1 Å². The first kappa shape index (κ1) is 21.3. The molecular weight excluding hydrogens is 382 g/mol. The Kier molecular flexibility index (Phi) is 6.41. The number of likely N-dealkylation sites (tertiary alicyclic amines) is 2. The van der Waals surface area contributed by atoms with Gasteiger partial charge in [0, 0.05) is 43.6 Å². The highest BCUT2D eigenvalue weighted by atomic mass is 16.5. The summed E-state index contributed by atoms with van der Waals surface area (Å²) in [5.74, 6) is -0.00938. The van der Waals surface area contributed by atoms with Gasteiger partial charge in [0.2, 0.25) is 5.91 Å². The molecule has 2 N–H and O–H groups in total. The van der Waals surface area contributed by atoms with E-state index in [4.69, 9.17) is 4.74 Å². The molecule has 3 saturated heterocycles. The number of aliphatic hydroxyl groups is 1. The fourth-order valence-electron chi connectivity index (χ4n) is 5.43. The molecular formula is C23H33N3O4. The number of hydrogen-bond donors (Lipinski definition) is 2. The van der Waals surface area contributed by atoms with Crippen LogP contribution < -0.4 is 5.32 Å². The van der Waals surface area contributed by atoms with Crippen molar-refractivity contribution in [3.05, 3.63) is 35.9 Å². The summed E-state index contributed by atoms with van der Waals surface area (Å²) in [7, 11) is 0. The molecule has 30 heavy (non-hydrogen) atoms. The molecule has 2 amide bonds. The normalized spacial score (nSPS) is 30.3. The Hall–Kier alpha value is -1.96. The molecule has 4 atom stereocenters. The number of nitrogens with zero attached hydrogens (tertiary/aromatic N) is 2. The standard InChI is InChI=1S/C23H33N3O4/c1-2-3-7-10-25-12-19-18(14-27)20-13-26(16-23(19,15-25)30-20)21(28)11-24-22(29)17-8-5-4-6-9-17/h4-6,8-9,18-20,27H,2-3,7,10-16H2,1H3,(H,24,29)/t18-,19+,20+,23-/m0/s1. The number of fused-ring (bicyclic) bond motifs is 1. The van der Waals surface area contributed by atoms with E-state index in [1.54, 1.807) is 24.3 Å². The molecule has 4 rings (SSSR count). The van der Waals surface area contributed by atoms with Crippen molar-refractivity contribution in [3.63, 3.8) is 0 Å². The third-order valence-corrected chi connectivity index (χ3v) is 6.94. The van der Waals surface area contributed by atoms with E-state index in [0.717, 1.165) is 19.6 Å². The third-order valence-electron chi connectivity index (χ3n) is 6.94. The number of amides is 2.